The van der Waals surface area contributed by atoms with Gasteiger partial charge in [-0.2, -0.15) is 0 Å². The van der Waals surface area contributed by atoms with Crippen molar-refractivity contribution in [1.29, 1.82) is 0 Å². The van der Waals surface area contributed by atoms with E-state index in [1.807, 2.05) is 37.5 Å². The maximum Gasteiger partial charge on any atom is 0.203 e. The highest BCUT2D eigenvalue weighted by atomic mass is 16.5. The zero-order valence-electron chi connectivity index (χ0n) is 17.4. The minimum Gasteiger partial charge on any atom is -0.493 e. The number of rotatable bonds is 7. The molecule has 1 heterocycles. The molecule has 30 heavy (non-hydrogen) atoms. The van der Waals surface area contributed by atoms with E-state index in [0.29, 0.717) is 6.54 Å². The van der Waals surface area contributed by atoms with E-state index in [1.54, 1.807) is 14.2 Å². The second kappa shape index (κ2) is 8.74. The van der Waals surface area contributed by atoms with Crippen LogP contribution in [-0.2, 0) is 13.6 Å². The Hall–Kier alpha value is -3.73. The fourth-order valence-electron chi connectivity index (χ4n) is 3.48. The van der Waals surface area contributed by atoms with Gasteiger partial charge in [0.25, 0.3) is 0 Å². The summed E-state index contributed by atoms with van der Waals surface area (Å²) in [4.78, 5) is 4.56. The predicted octanol–water partition coefficient (Wildman–Crippen LogP) is 5.38. The quantitative estimate of drug-likeness (QED) is 0.453. The average molecular weight is 399 g/mol. The molecule has 0 saturated carbocycles. The molecule has 4 aromatic rings. The number of aromatic nitrogens is 2. The summed E-state index contributed by atoms with van der Waals surface area (Å²) in [6.07, 6.45) is 1.90. The van der Waals surface area contributed by atoms with Gasteiger partial charge in [-0.1, -0.05) is 60.7 Å². The summed E-state index contributed by atoms with van der Waals surface area (Å²) < 4.78 is 12.8. The molecule has 5 heteroatoms. The SMILES string of the molecule is COc1ccc(CNc2ncc(-c3ccc(-c4ccccc4)cc3)n2C)cc1OC. The second-order valence-corrected chi connectivity index (χ2v) is 7.01. The Morgan fingerprint density at radius 1 is 0.800 bits per heavy atom. The van der Waals surface area contributed by atoms with Crippen LogP contribution in [0.5, 0.6) is 11.5 Å². The van der Waals surface area contributed by atoms with Gasteiger partial charge >= 0.3 is 0 Å². The maximum atomic E-state index is 5.38. The standard InChI is InChI=1S/C25H25N3O2/c1-28-22(21-12-10-20(11-13-21)19-7-5-4-6-8-19)17-27-25(28)26-16-18-9-14-23(29-2)24(15-18)30-3/h4-15,17H,16H2,1-3H3,(H,26,27). The Morgan fingerprint density at radius 2 is 1.47 bits per heavy atom. The second-order valence-electron chi connectivity index (χ2n) is 7.01. The van der Waals surface area contributed by atoms with Crippen LogP contribution in [0.25, 0.3) is 22.4 Å². The molecule has 0 spiro atoms. The highest BCUT2D eigenvalue weighted by Gasteiger charge is 2.10. The van der Waals surface area contributed by atoms with E-state index in [-0.39, 0.29) is 0 Å². The van der Waals surface area contributed by atoms with E-state index < -0.39 is 0 Å². The number of methoxy groups -OCH3 is 2. The molecular formula is C25H25N3O2. The summed E-state index contributed by atoms with van der Waals surface area (Å²) in [5.41, 5.74) is 5.69. The van der Waals surface area contributed by atoms with E-state index >= 15 is 0 Å². The Kier molecular flexibility index (Phi) is 5.70. The highest BCUT2D eigenvalue weighted by molar-refractivity contribution is 5.69. The summed E-state index contributed by atoms with van der Waals surface area (Å²) in [7, 11) is 5.30. The third kappa shape index (κ3) is 4.01. The van der Waals surface area contributed by atoms with Gasteiger partial charge in [0, 0.05) is 13.6 Å². The fourth-order valence-corrected chi connectivity index (χ4v) is 3.48. The van der Waals surface area contributed by atoms with E-state index in [1.165, 1.54) is 11.1 Å². The van der Waals surface area contributed by atoms with Crippen LogP contribution in [0.4, 0.5) is 5.95 Å². The van der Waals surface area contributed by atoms with Crippen molar-refractivity contribution >= 4 is 5.95 Å². The lowest BCUT2D eigenvalue weighted by molar-refractivity contribution is 0.354. The lowest BCUT2D eigenvalue weighted by Crippen LogP contribution is -2.06. The number of ether oxygens (including phenoxy) is 2. The van der Waals surface area contributed by atoms with Gasteiger partial charge in [-0.25, -0.2) is 4.98 Å². The third-order valence-corrected chi connectivity index (χ3v) is 5.17. The molecular weight excluding hydrogens is 374 g/mol. The zero-order chi connectivity index (χ0) is 20.9. The molecule has 0 aliphatic carbocycles. The molecule has 0 amide bonds. The molecule has 0 fully saturated rings. The van der Waals surface area contributed by atoms with E-state index in [0.717, 1.165) is 34.3 Å². The first-order valence-electron chi connectivity index (χ1n) is 9.82. The summed E-state index contributed by atoms with van der Waals surface area (Å²) >= 11 is 0. The fraction of sp³-hybridized carbons (Fsp3) is 0.160. The lowest BCUT2D eigenvalue weighted by Gasteiger charge is -2.11. The maximum absolute atomic E-state index is 5.38. The molecule has 0 saturated heterocycles. The van der Waals surface area contributed by atoms with E-state index in [4.69, 9.17) is 9.47 Å². The summed E-state index contributed by atoms with van der Waals surface area (Å²) in [5.74, 6) is 2.25. The van der Waals surface area contributed by atoms with Gasteiger partial charge < -0.3 is 19.4 Å². The monoisotopic (exact) mass is 399 g/mol. The van der Waals surface area contributed by atoms with Crippen molar-refractivity contribution in [3.63, 3.8) is 0 Å². The molecule has 0 bridgehead atoms. The van der Waals surface area contributed by atoms with Gasteiger partial charge in [0.2, 0.25) is 5.95 Å². The van der Waals surface area contributed by atoms with Gasteiger partial charge in [0.1, 0.15) is 0 Å². The van der Waals surface area contributed by atoms with Gasteiger partial charge in [-0.15, -0.1) is 0 Å². The van der Waals surface area contributed by atoms with Gasteiger partial charge in [0.05, 0.1) is 26.1 Å². The average Bonchev–Trinajstić information content (AvgIpc) is 3.18. The summed E-state index contributed by atoms with van der Waals surface area (Å²) in [6, 6.07) is 24.8. The molecule has 0 unspecified atom stereocenters. The number of nitrogens with one attached hydrogen (secondary N) is 1. The number of hydrogen-bond donors (Lipinski definition) is 1. The van der Waals surface area contributed by atoms with Crippen LogP contribution in [-0.4, -0.2) is 23.8 Å². The van der Waals surface area contributed by atoms with Crippen molar-refractivity contribution in [3.8, 4) is 33.9 Å². The predicted molar refractivity (Wildman–Crippen MR) is 121 cm³/mol. The highest BCUT2D eigenvalue weighted by Crippen LogP contribution is 2.29. The third-order valence-electron chi connectivity index (χ3n) is 5.17. The van der Waals surface area contributed by atoms with Crippen molar-refractivity contribution in [1.82, 2.24) is 9.55 Å². The minimum atomic E-state index is 0.637. The van der Waals surface area contributed by atoms with Crippen molar-refractivity contribution < 1.29 is 9.47 Å². The van der Waals surface area contributed by atoms with Crippen molar-refractivity contribution in [2.24, 2.45) is 7.05 Å². The van der Waals surface area contributed by atoms with Gasteiger partial charge in [0.15, 0.2) is 11.5 Å². The van der Waals surface area contributed by atoms with Crippen molar-refractivity contribution in [2.75, 3.05) is 19.5 Å². The van der Waals surface area contributed by atoms with Crippen molar-refractivity contribution in [2.45, 2.75) is 6.54 Å². The smallest absolute Gasteiger partial charge is 0.203 e. The molecule has 152 valence electrons. The zero-order valence-corrected chi connectivity index (χ0v) is 17.4. The Labute approximate surface area is 176 Å². The Morgan fingerprint density at radius 3 is 2.17 bits per heavy atom. The van der Waals surface area contributed by atoms with Crippen LogP contribution in [0, 0.1) is 0 Å². The molecule has 5 nitrogen and oxygen atoms in total. The van der Waals surface area contributed by atoms with Crippen LogP contribution < -0.4 is 14.8 Å². The van der Waals surface area contributed by atoms with Crippen LogP contribution in [0.3, 0.4) is 0 Å². The van der Waals surface area contributed by atoms with Crippen molar-refractivity contribution in [3.05, 3.63) is 84.6 Å². The summed E-state index contributed by atoms with van der Waals surface area (Å²) in [6.45, 7) is 0.637. The number of imidazole rings is 1. The first-order chi connectivity index (χ1) is 14.7. The lowest BCUT2D eigenvalue weighted by atomic mass is 10.0. The normalized spacial score (nSPS) is 10.6. The Balaban J connectivity index is 1.49. The van der Waals surface area contributed by atoms with Crippen LogP contribution >= 0.6 is 0 Å². The molecule has 3 aromatic carbocycles. The Bertz CT molecular complexity index is 1120. The first kappa shape index (κ1) is 19.6. The molecule has 0 radical (unpaired) electrons. The largest absolute Gasteiger partial charge is 0.493 e. The molecule has 4 rings (SSSR count). The number of anilines is 1. The van der Waals surface area contributed by atoms with Crippen LogP contribution in [0.15, 0.2) is 79.0 Å². The first-order valence-corrected chi connectivity index (χ1v) is 9.82. The van der Waals surface area contributed by atoms with Crippen LogP contribution in [0.2, 0.25) is 0 Å². The minimum absolute atomic E-state index is 0.637. The molecule has 0 atom stereocenters. The molecule has 0 aliphatic heterocycles. The molecule has 0 aliphatic rings. The summed E-state index contributed by atoms with van der Waals surface area (Å²) in [5, 5.41) is 3.40. The van der Waals surface area contributed by atoms with Gasteiger partial charge in [-0.05, 0) is 34.4 Å². The molecule has 1 N–H and O–H groups in total. The molecule has 1 aromatic heterocycles. The number of benzene rings is 3. The van der Waals surface area contributed by atoms with Crippen LogP contribution in [0.1, 0.15) is 5.56 Å². The topological polar surface area (TPSA) is 48.3 Å². The number of hydrogen-bond acceptors (Lipinski definition) is 4. The number of nitrogens with zero attached hydrogens (tertiary/aromatic N) is 2. The van der Waals surface area contributed by atoms with E-state index in [2.05, 4.69) is 63.4 Å². The van der Waals surface area contributed by atoms with Gasteiger partial charge in [-0.3, -0.25) is 0 Å². The van der Waals surface area contributed by atoms with E-state index in [9.17, 15) is 0 Å².